The van der Waals surface area contributed by atoms with Gasteiger partial charge in [-0.1, -0.05) is 12.1 Å². The van der Waals surface area contributed by atoms with Gasteiger partial charge in [-0.15, -0.1) is 0 Å². The van der Waals surface area contributed by atoms with E-state index in [1.54, 1.807) is 7.11 Å². The highest BCUT2D eigenvalue weighted by Crippen LogP contribution is 2.35. The summed E-state index contributed by atoms with van der Waals surface area (Å²) in [6.45, 7) is 2.19. The molecule has 1 aromatic carbocycles. The number of rotatable bonds is 4. The van der Waals surface area contributed by atoms with Crippen molar-refractivity contribution < 1.29 is 4.74 Å². The summed E-state index contributed by atoms with van der Waals surface area (Å²) in [5.74, 6) is 0.937. The molecule has 2 aromatic rings. The van der Waals surface area contributed by atoms with Gasteiger partial charge in [-0.3, -0.25) is 4.98 Å². The minimum Gasteiger partial charge on any atom is -0.497 e. The van der Waals surface area contributed by atoms with E-state index in [0.717, 1.165) is 18.6 Å². The lowest BCUT2D eigenvalue weighted by Crippen LogP contribution is -2.23. The summed E-state index contributed by atoms with van der Waals surface area (Å²) in [5, 5.41) is 3.71. The van der Waals surface area contributed by atoms with Gasteiger partial charge in [0.25, 0.3) is 0 Å². The molecule has 0 amide bonds. The third-order valence-electron chi connectivity index (χ3n) is 4.07. The van der Waals surface area contributed by atoms with Crippen molar-refractivity contribution in [2.45, 2.75) is 31.8 Å². The van der Waals surface area contributed by atoms with Gasteiger partial charge in [0.15, 0.2) is 0 Å². The van der Waals surface area contributed by atoms with Gasteiger partial charge in [0, 0.05) is 24.5 Å². The van der Waals surface area contributed by atoms with Crippen LogP contribution in [0.25, 0.3) is 0 Å². The molecule has 3 nitrogen and oxygen atoms in total. The lowest BCUT2D eigenvalue weighted by Gasteiger charge is -2.20. The number of aromatic nitrogens is 1. The molecule has 1 heterocycles. The van der Waals surface area contributed by atoms with Crippen LogP contribution < -0.4 is 10.1 Å². The van der Waals surface area contributed by atoms with E-state index < -0.39 is 0 Å². The van der Waals surface area contributed by atoms with Crippen molar-refractivity contribution in [2.24, 2.45) is 0 Å². The van der Waals surface area contributed by atoms with Gasteiger partial charge in [-0.05, 0) is 54.7 Å². The Balaban J connectivity index is 1.78. The topological polar surface area (TPSA) is 34.1 Å². The van der Waals surface area contributed by atoms with Crippen LogP contribution in [0.4, 0.5) is 0 Å². The van der Waals surface area contributed by atoms with Crippen LogP contribution in [0.15, 0.2) is 42.7 Å². The number of fused-ring (bicyclic) bond motifs is 1. The second kappa shape index (κ2) is 5.63. The normalized spacial score (nSPS) is 18.6. The van der Waals surface area contributed by atoms with E-state index in [9.17, 15) is 0 Å². The quantitative estimate of drug-likeness (QED) is 0.922. The number of nitrogens with one attached hydrogen (secondary N) is 1. The van der Waals surface area contributed by atoms with E-state index in [1.807, 2.05) is 24.5 Å². The maximum Gasteiger partial charge on any atom is 0.119 e. The molecular weight excluding hydrogens is 248 g/mol. The molecule has 0 bridgehead atoms. The Labute approximate surface area is 120 Å². The molecular formula is C17H20N2O. The SMILES string of the molecule is COc1ccc2c(c1)C(NC(C)c1cccnc1)CC2. The molecule has 104 valence electrons. The third-order valence-corrected chi connectivity index (χ3v) is 4.07. The van der Waals surface area contributed by atoms with Crippen LogP contribution in [-0.4, -0.2) is 12.1 Å². The molecule has 3 heteroatoms. The lowest BCUT2D eigenvalue weighted by molar-refractivity contribution is 0.412. The Bertz CT molecular complexity index is 583. The number of methoxy groups -OCH3 is 1. The van der Waals surface area contributed by atoms with Crippen LogP contribution >= 0.6 is 0 Å². The fourth-order valence-corrected chi connectivity index (χ4v) is 2.91. The van der Waals surface area contributed by atoms with Crippen molar-refractivity contribution in [3.05, 3.63) is 59.4 Å². The monoisotopic (exact) mass is 268 g/mol. The highest BCUT2D eigenvalue weighted by atomic mass is 16.5. The van der Waals surface area contributed by atoms with Crippen LogP contribution in [0.5, 0.6) is 5.75 Å². The predicted molar refractivity (Wildman–Crippen MR) is 79.8 cm³/mol. The van der Waals surface area contributed by atoms with E-state index in [0.29, 0.717) is 12.1 Å². The number of aryl methyl sites for hydroxylation is 1. The Kier molecular flexibility index (Phi) is 3.70. The van der Waals surface area contributed by atoms with Crippen molar-refractivity contribution in [2.75, 3.05) is 7.11 Å². The summed E-state index contributed by atoms with van der Waals surface area (Å²) in [7, 11) is 1.72. The highest BCUT2D eigenvalue weighted by Gasteiger charge is 2.24. The summed E-state index contributed by atoms with van der Waals surface area (Å²) in [6.07, 6.45) is 6.02. The number of pyridine rings is 1. The molecule has 0 aliphatic heterocycles. The zero-order valence-electron chi connectivity index (χ0n) is 12.0. The predicted octanol–water partition coefficient (Wildman–Crippen LogP) is 3.43. The molecule has 1 aliphatic carbocycles. The molecule has 1 N–H and O–H groups in total. The van der Waals surface area contributed by atoms with Gasteiger partial charge in [0.1, 0.15) is 5.75 Å². The van der Waals surface area contributed by atoms with Crippen molar-refractivity contribution in [3.8, 4) is 5.75 Å². The largest absolute Gasteiger partial charge is 0.497 e. The van der Waals surface area contributed by atoms with Gasteiger partial charge in [0.2, 0.25) is 0 Å². The van der Waals surface area contributed by atoms with Crippen molar-refractivity contribution >= 4 is 0 Å². The fourth-order valence-electron chi connectivity index (χ4n) is 2.91. The summed E-state index contributed by atoms with van der Waals surface area (Å²) in [5.41, 5.74) is 4.03. The van der Waals surface area contributed by atoms with E-state index in [2.05, 4.69) is 35.4 Å². The number of hydrogen-bond acceptors (Lipinski definition) is 3. The molecule has 2 atom stereocenters. The number of hydrogen-bond donors (Lipinski definition) is 1. The molecule has 2 unspecified atom stereocenters. The molecule has 1 aliphatic rings. The molecule has 20 heavy (non-hydrogen) atoms. The standard InChI is InChI=1S/C17H20N2O/c1-12(14-4-3-9-18-11-14)19-17-8-6-13-5-7-15(20-2)10-16(13)17/h3-5,7,9-12,17,19H,6,8H2,1-2H3. The van der Waals surface area contributed by atoms with Crippen molar-refractivity contribution in [1.82, 2.24) is 10.3 Å². The summed E-state index contributed by atoms with van der Waals surface area (Å²) < 4.78 is 5.34. The number of nitrogens with zero attached hydrogens (tertiary/aromatic N) is 1. The first-order valence-electron chi connectivity index (χ1n) is 7.10. The molecule has 3 rings (SSSR count). The van der Waals surface area contributed by atoms with E-state index in [4.69, 9.17) is 4.74 Å². The molecule has 0 saturated heterocycles. The summed E-state index contributed by atoms with van der Waals surface area (Å²) in [4.78, 5) is 4.19. The van der Waals surface area contributed by atoms with Gasteiger partial charge in [0.05, 0.1) is 7.11 Å². The smallest absolute Gasteiger partial charge is 0.119 e. The molecule has 0 radical (unpaired) electrons. The van der Waals surface area contributed by atoms with Crippen LogP contribution in [0.3, 0.4) is 0 Å². The van der Waals surface area contributed by atoms with Gasteiger partial charge in [-0.25, -0.2) is 0 Å². The second-order valence-corrected chi connectivity index (χ2v) is 5.33. The lowest BCUT2D eigenvalue weighted by atomic mass is 10.1. The Morgan fingerprint density at radius 3 is 3.00 bits per heavy atom. The van der Waals surface area contributed by atoms with Crippen molar-refractivity contribution in [3.63, 3.8) is 0 Å². The van der Waals surface area contributed by atoms with Crippen molar-refractivity contribution in [1.29, 1.82) is 0 Å². The Morgan fingerprint density at radius 2 is 2.25 bits per heavy atom. The fraction of sp³-hybridized carbons (Fsp3) is 0.353. The Hall–Kier alpha value is -1.87. The minimum absolute atomic E-state index is 0.297. The average molecular weight is 268 g/mol. The first kappa shape index (κ1) is 13.1. The Morgan fingerprint density at radius 1 is 1.35 bits per heavy atom. The van der Waals surface area contributed by atoms with E-state index in [1.165, 1.54) is 16.7 Å². The summed E-state index contributed by atoms with van der Waals surface area (Å²) >= 11 is 0. The van der Waals surface area contributed by atoms with E-state index in [-0.39, 0.29) is 0 Å². The van der Waals surface area contributed by atoms with E-state index >= 15 is 0 Å². The maximum absolute atomic E-state index is 5.34. The van der Waals surface area contributed by atoms with Gasteiger partial charge >= 0.3 is 0 Å². The van der Waals surface area contributed by atoms with Crippen LogP contribution in [0.1, 0.15) is 42.1 Å². The van der Waals surface area contributed by atoms with Gasteiger partial charge < -0.3 is 10.1 Å². The average Bonchev–Trinajstić information content (AvgIpc) is 2.90. The van der Waals surface area contributed by atoms with Crippen LogP contribution in [-0.2, 0) is 6.42 Å². The second-order valence-electron chi connectivity index (χ2n) is 5.33. The van der Waals surface area contributed by atoms with Gasteiger partial charge in [-0.2, -0.15) is 0 Å². The first-order chi connectivity index (χ1) is 9.78. The maximum atomic E-state index is 5.34. The highest BCUT2D eigenvalue weighted by molar-refractivity contribution is 5.41. The zero-order chi connectivity index (χ0) is 13.9. The molecule has 0 spiro atoms. The molecule has 1 aromatic heterocycles. The number of benzene rings is 1. The third kappa shape index (κ3) is 2.54. The molecule has 0 saturated carbocycles. The first-order valence-corrected chi connectivity index (χ1v) is 7.10. The summed E-state index contributed by atoms with van der Waals surface area (Å²) in [6, 6.07) is 11.2. The van der Waals surface area contributed by atoms with Crippen LogP contribution in [0.2, 0.25) is 0 Å². The zero-order valence-corrected chi connectivity index (χ0v) is 12.0. The van der Waals surface area contributed by atoms with Crippen LogP contribution in [0, 0.1) is 0 Å². The minimum atomic E-state index is 0.297. The number of ether oxygens (including phenoxy) is 1. The molecule has 0 fully saturated rings.